The van der Waals surface area contributed by atoms with E-state index in [1.54, 1.807) is 14.2 Å². The predicted molar refractivity (Wildman–Crippen MR) is 93.0 cm³/mol. The Morgan fingerprint density at radius 2 is 2.00 bits per heavy atom. The highest BCUT2D eigenvalue weighted by Gasteiger charge is 2.42. The minimum atomic E-state index is 0.225. The molecule has 5 nitrogen and oxygen atoms in total. The number of methoxy groups -OCH3 is 2. The van der Waals surface area contributed by atoms with Gasteiger partial charge in [-0.1, -0.05) is 6.07 Å². The summed E-state index contributed by atoms with van der Waals surface area (Å²) >= 11 is 0. The second-order valence-electron chi connectivity index (χ2n) is 6.45. The van der Waals surface area contributed by atoms with Crippen molar-refractivity contribution in [2.45, 2.75) is 44.4 Å². The molecule has 2 aliphatic rings. The zero-order valence-electron chi connectivity index (χ0n) is 15.0. The average molecular weight is 335 g/mol. The van der Waals surface area contributed by atoms with E-state index in [0.29, 0.717) is 6.04 Å². The van der Waals surface area contributed by atoms with Crippen LogP contribution in [0.1, 0.15) is 25.3 Å². The Balaban J connectivity index is 1.65. The molecular formula is C19H29NO4. The van der Waals surface area contributed by atoms with Crippen LogP contribution in [0, 0.1) is 0 Å². The molecule has 1 aliphatic carbocycles. The van der Waals surface area contributed by atoms with Crippen molar-refractivity contribution in [2.24, 2.45) is 0 Å². The van der Waals surface area contributed by atoms with E-state index in [1.165, 1.54) is 12.0 Å². The van der Waals surface area contributed by atoms with Crippen LogP contribution in [-0.2, 0) is 15.9 Å². The van der Waals surface area contributed by atoms with Crippen molar-refractivity contribution in [3.05, 3.63) is 23.8 Å². The Kier molecular flexibility index (Phi) is 5.98. The maximum Gasteiger partial charge on any atom is 0.160 e. The Morgan fingerprint density at radius 1 is 1.17 bits per heavy atom. The molecule has 0 aromatic heterocycles. The third-order valence-electron chi connectivity index (χ3n) is 5.17. The molecule has 3 atom stereocenters. The number of nitrogens with zero attached hydrogens (tertiary/aromatic N) is 1. The molecule has 1 heterocycles. The van der Waals surface area contributed by atoms with Gasteiger partial charge in [0, 0.05) is 25.7 Å². The van der Waals surface area contributed by atoms with Crippen molar-refractivity contribution in [1.82, 2.24) is 4.90 Å². The average Bonchev–Trinajstić information content (AvgIpc) is 2.90. The van der Waals surface area contributed by atoms with Crippen LogP contribution in [0.15, 0.2) is 18.2 Å². The topological polar surface area (TPSA) is 40.2 Å². The van der Waals surface area contributed by atoms with E-state index in [9.17, 15) is 0 Å². The van der Waals surface area contributed by atoms with Crippen LogP contribution in [-0.4, -0.2) is 63.7 Å². The standard InChI is InChI=1S/C19H29NO4/c1-4-23-19-15-6-8-17(19)24-12-11-20(15)10-9-14-5-7-16(21-2)18(13-14)22-3/h5,7,13,15,17,19H,4,6,8-12H2,1-3H3/t15-,17-,19-/m1/s1. The highest BCUT2D eigenvalue weighted by Crippen LogP contribution is 2.32. The van der Waals surface area contributed by atoms with Gasteiger partial charge in [0.25, 0.3) is 0 Å². The van der Waals surface area contributed by atoms with Crippen molar-refractivity contribution in [3.63, 3.8) is 0 Å². The predicted octanol–water partition coefficient (Wildman–Crippen LogP) is 2.51. The molecule has 2 fully saturated rings. The van der Waals surface area contributed by atoms with Gasteiger partial charge in [-0.25, -0.2) is 0 Å². The molecule has 1 saturated heterocycles. The molecule has 1 aromatic carbocycles. The molecule has 0 radical (unpaired) electrons. The molecule has 0 amide bonds. The van der Waals surface area contributed by atoms with Crippen LogP contribution in [0.2, 0.25) is 0 Å². The molecule has 0 N–H and O–H groups in total. The van der Waals surface area contributed by atoms with Gasteiger partial charge in [-0.3, -0.25) is 4.90 Å². The Hall–Kier alpha value is -1.30. The zero-order valence-corrected chi connectivity index (χ0v) is 15.0. The molecule has 3 rings (SSSR count). The van der Waals surface area contributed by atoms with Crippen molar-refractivity contribution in [1.29, 1.82) is 0 Å². The van der Waals surface area contributed by atoms with Crippen LogP contribution in [0.5, 0.6) is 11.5 Å². The number of hydrogen-bond acceptors (Lipinski definition) is 5. The smallest absolute Gasteiger partial charge is 0.160 e. The second-order valence-corrected chi connectivity index (χ2v) is 6.45. The van der Waals surface area contributed by atoms with E-state index in [2.05, 4.69) is 24.0 Å². The molecule has 0 unspecified atom stereocenters. The lowest BCUT2D eigenvalue weighted by Gasteiger charge is -2.31. The van der Waals surface area contributed by atoms with Gasteiger partial charge < -0.3 is 18.9 Å². The van der Waals surface area contributed by atoms with Crippen LogP contribution in [0.3, 0.4) is 0 Å². The first-order chi connectivity index (χ1) is 11.8. The number of hydrogen-bond donors (Lipinski definition) is 0. The van der Waals surface area contributed by atoms with E-state index in [0.717, 1.165) is 50.6 Å². The van der Waals surface area contributed by atoms with E-state index in [-0.39, 0.29) is 12.2 Å². The summed E-state index contributed by atoms with van der Waals surface area (Å²) in [6.45, 7) is 5.62. The molecule has 24 heavy (non-hydrogen) atoms. The molecule has 1 saturated carbocycles. The third kappa shape index (κ3) is 3.68. The summed E-state index contributed by atoms with van der Waals surface area (Å²) in [6, 6.07) is 6.66. The van der Waals surface area contributed by atoms with Crippen molar-refractivity contribution in [2.75, 3.05) is 40.5 Å². The SMILES string of the molecule is CCO[C@@H]1[C@H]2CC[C@H]1OCCN2CCc1ccc(OC)c(OC)c1. The molecule has 134 valence electrons. The first-order valence-electron chi connectivity index (χ1n) is 8.95. The quantitative estimate of drug-likeness (QED) is 0.766. The minimum absolute atomic E-state index is 0.225. The largest absolute Gasteiger partial charge is 0.493 e. The van der Waals surface area contributed by atoms with E-state index in [1.807, 2.05) is 6.07 Å². The Labute approximate surface area is 144 Å². The summed E-state index contributed by atoms with van der Waals surface area (Å²) in [5, 5.41) is 0. The number of rotatable bonds is 7. The fraction of sp³-hybridized carbons (Fsp3) is 0.684. The normalized spacial score (nSPS) is 27.0. The number of ether oxygens (including phenoxy) is 4. The number of benzene rings is 1. The Morgan fingerprint density at radius 3 is 2.75 bits per heavy atom. The van der Waals surface area contributed by atoms with Gasteiger partial charge in [0.05, 0.1) is 33.0 Å². The van der Waals surface area contributed by atoms with Crippen molar-refractivity contribution >= 4 is 0 Å². The van der Waals surface area contributed by atoms with Gasteiger partial charge >= 0.3 is 0 Å². The summed E-state index contributed by atoms with van der Waals surface area (Å²) in [7, 11) is 3.35. The van der Waals surface area contributed by atoms with Crippen LogP contribution < -0.4 is 9.47 Å². The summed E-state index contributed by atoms with van der Waals surface area (Å²) in [5.74, 6) is 1.57. The maximum atomic E-state index is 6.00. The summed E-state index contributed by atoms with van der Waals surface area (Å²) in [6.07, 6.45) is 3.77. The van der Waals surface area contributed by atoms with Gasteiger partial charge in [-0.15, -0.1) is 0 Å². The van der Waals surface area contributed by atoms with Crippen LogP contribution in [0.25, 0.3) is 0 Å². The minimum Gasteiger partial charge on any atom is -0.493 e. The third-order valence-corrected chi connectivity index (χ3v) is 5.17. The number of fused-ring (bicyclic) bond motifs is 2. The molecule has 1 aromatic rings. The molecule has 2 bridgehead atoms. The lowest BCUT2D eigenvalue weighted by molar-refractivity contribution is -0.0494. The Bertz CT molecular complexity index is 536. The first kappa shape index (κ1) is 17.5. The molecule has 5 heteroatoms. The van der Waals surface area contributed by atoms with E-state index in [4.69, 9.17) is 18.9 Å². The fourth-order valence-corrected chi connectivity index (χ4v) is 3.96. The van der Waals surface area contributed by atoms with Gasteiger partial charge in [-0.05, 0) is 43.9 Å². The van der Waals surface area contributed by atoms with E-state index >= 15 is 0 Å². The maximum absolute atomic E-state index is 6.00. The summed E-state index contributed by atoms with van der Waals surface area (Å²) in [5.41, 5.74) is 1.26. The summed E-state index contributed by atoms with van der Waals surface area (Å²) < 4.78 is 22.7. The van der Waals surface area contributed by atoms with Crippen molar-refractivity contribution < 1.29 is 18.9 Å². The highest BCUT2D eigenvalue weighted by atomic mass is 16.5. The van der Waals surface area contributed by atoms with Crippen LogP contribution in [0.4, 0.5) is 0 Å². The van der Waals surface area contributed by atoms with Gasteiger partial charge in [-0.2, -0.15) is 0 Å². The molecular weight excluding hydrogens is 306 g/mol. The highest BCUT2D eigenvalue weighted by molar-refractivity contribution is 5.42. The fourth-order valence-electron chi connectivity index (χ4n) is 3.96. The monoisotopic (exact) mass is 335 g/mol. The second kappa shape index (κ2) is 8.19. The van der Waals surface area contributed by atoms with Gasteiger partial charge in [0.15, 0.2) is 11.5 Å². The lowest BCUT2D eigenvalue weighted by atomic mass is 10.1. The zero-order chi connectivity index (χ0) is 16.9. The molecule has 0 spiro atoms. The summed E-state index contributed by atoms with van der Waals surface area (Å²) in [4.78, 5) is 2.55. The van der Waals surface area contributed by atoms with E-state index < -0.39 is 0 Å². The first-order valence-corrected chi connectivity index (χ1v) is 8.95. The van der Waals surface area contributed by atoms with Crippen LogP contribution >= 0.6 is 0 Å². The lowest BCUT2D eigenvalue weighted by Crippen LogP contribution is -2.44. The van der Waals surface area contributed by atoms with Crippen molar-refractivity contribution in [3.8, 4) is 11.5 Å². The van der Waals surface area contributed by atoms with Gasteiger partial charge in [0.2, 0.25) is 0 Å². The molecule has 1 aliphatic heterocycles. The van der Waals surface area contributed by atoms with Gasteiger partial charge in [0.1, 0.15) is 0 Å².